The zero-order valence-electron chi connectivity index (χ0n) is 24.1. The molecule has 2 heterocycles. The van der Waals surface area contributed by atoms with Gasteiger partial charge in [0, 0.05) is 44.6 Å². The number of aromatic nitrogens is 1. The van der Waals surface area contributed by atoms with Crippen molar-refractivity contribution in [2.75, 3.05) is 38.4 Å². The Labute approximate surface area is 231 Å². The fourth-order valence-electron chi connectivity index (χ4n) is 4.51. The van der Waals surface area contributed by atoms with E-state index >= 15 is 0 Å². The normalized spacial score (nSPS) is 17.6. The molecule has 9 heteroatoms. The summed E-state index contributed by atoms with van der Waals surface area (Å²) in [6.07, 6.45) is 6.88. The summed E-state index contributed by atoms with van der Waals surface area (Å²) in [5.74, 6) is -0.0545. The number of nitrogens with one attached hydrogen (secondary N) is 2. The molecule has 3 atom stereocenters. The first-order valence-electron chi connectivity index (χ1n) is 13.5. The second-order valence-corrected chi connectivity index (χ2v) is 9.59. The highest BCUT2D eigenvalue weighted by Crippen LogP contribution is 2.31. The van der Waals surface area contributed by atoms with Gasteiger partial charge in [-0.05, 0) is 77.8 Å². The summed E-state index contributed by atoms with van der Waals surface area (Å²) in [6.45, 7) is 6.05. The largest absolute Gasteiger partial charge is 0.449 e. The third-order valence-corrected chi connectivity index (χ3v) is 6.97. The number of carbonyl (C=O) groups excluding carboxylic acids is 2. The summed E-state index contributed by atoms with van der Waals surface area (Å²) < 4.78 is 10.9. The number of hydrogen-bond acceptors (Lipinski definition) is 8. The Kier molecular flexibility index (Phi) is 13.6. The van der Waals surface area contributed by atoms with Crippen LogP contribution in [0.25, 0.3) is 11.1 Å². The molecule has 2 aromatic heterocycles. The topological polar surface area (TPSA) is 117 Å². The number of nitrogens with zero attached hydrogens (tertiary/aromatic N) is 2. The standard InChI is InChI=1S/C20H27N3O4.C8H11N.C2H6O/c1-13(26-3)23(2)15-7-4-6-14(9-10-15)20(25)22-19-17(12-24)27-16-8-5-11-21-18(16)19;1-7-3-5-8(9-2)6-4-7;1-2-3/h5,8,11-15H,4,6-7,9-10H2,1-3H3,(H,22,25);3-6,9H,1-2H3;3H,2H2,1H3/t13?,14-,15?;;/m1../s1. The number of aliphatic hydroxyl groups is 1. The number of furan rings is 1. The van der Waals surface area contributed by atoms with E-state index in [2.05, 4.69) is 58.8 Å². The van der Waals surface area contributed by atoms with Crippen molar-refractivity contribution in [2.24, 2.45) is 5.92 Å². The van der Waals surface area contributed by atoms with Gasteiger partial charge in [0.15, 0.2) is 17.6 Å². The first kappa shape index (κ1) is 31.9. The van der Waals surface area contributed by atoms with E-state index in [1.165, 1.54) is 11.3 Å². The summed E-state index contributed by atoms with van der Waals surface area (Å²) >= 11 is 0. The molecular weight excluding hydrogens is 496 g/mol. The Morgan fingerprint density at radius 3 is 2.54 bits per heavy atom. The highest BCUT2D eigenvalue weighted by molar-refractivity contribution is 6.05. The quantitative estimate of drug-likeness (QED) is 0.205. The number of anilines is 2. The van der Waals surface area contributed by atoms with Gasteiger partial charge in [-0.2, -0.15) is 0 Å². The van der Waals surface area contributed by atoms with Crippen molar-refractivity contribution in [3.8, 4) is 0 Å². The van der Waals surface area contributed by atoms with Crippen LogP contribution >= 0.6 is 0 Å². The smallest absolute Gasteiger partial charge is 0.227 e. The molecule has 1 aliphatic rings. The van der Waals surface area contributed by atoms with Crippen LogP contribution in [0.5, 0.6) is 0 Å². The van der Waals surface area contributed by atoms with E-state index < -0.39 is 0 Å². The first-order chi connectivity index (χ1) is 18.8. The maximum absolute atomic E-state index is 12.9. The van der Waals surface area contributed by atoms with Crippen molar-refractivity contribution in [2.45, 2.75) is 65.1 Å². The molecule has 3 N–H and O–H groups in total. The maximum Gasteiger partial charge on any atom is 0.227 e. The average molecular weight is 541 g/mol. The van der Waals surface area contributed by atoms with E-state index in [-0.39, 0.29) is 30.4 Å². The summed E-state index contributed by atoms with van der Waals surface area (Å²) in [5.41, 5.74) is 3.84. The number of rotatable bonds is 7. The molecule has 1 amide bonds. The van der Waals surface area contributed by atoms with Crippen LogP contribution in [0.4, 0.5) is 11.4 Å². The molecule has 2 unspecified atom stereocenters. The molecule has 0 bridgehead atoms. The lowest BCUT2D eigenvalue weighted by molar-refractivity contribution is -0.120. The summed E-state index contributed by atoms with van der Waals surface area (Å²) in [5, 5.41) is 13.5. The number of aliphatic hydroxyl groups excluding tert-OH is 1. The molecule has 0 saturated heterocycles. The van der Waals surface area contributed by atoms with Crippen molar-refractivity contribution in [3.63, 3.8) is 0 Å². The van der Waals surface area contributed by atoms with E-state index in [1.54, 1.807) is 32.4 Å². The van der Waals surface area contributed by atoms with E-state index in [0.717, 1.165) is 32.1 Å². The number of amides is 1. The Morgan fingerprint density at radius 1 is 1.23 bits per heavy atom. The molecule has 0 spiro atoms. The highest BCUT2D eigenvalue weighted by Gasteiger charge is 2.29. The second kappa shape index (κ2) is 16.6. The molecule has 9 nitrogen and oxygen atoms in total. The summed E-state index contributed by atoms with van der Waals surface area (Å²) in [4.78, 5) is 30.7. The average Bonchev–Trinajstić information content (AvgIpc) is 3.12. The monoisotopic (exact) mass is 540 g/mol. The lowest BCUT2D eigenvalue weighted by atomic mass is 9.99. The molecule has 214 valence electrons. The van der Waals surface area contributed by atoms with Crippen molar-refractivity contribution in [3.05, 3.63) is 53.9 Å². The van der Waals surface area contributed by atoms with Gasteiger partial charge in [0.2, 0.25) is 5.91 Å². The van der Waals surface area contributed by atoms with Crippen LogP contribution in [0.1, 0.15) is 62.1 Å². The van der Waals surface area contributed by atoms with Gasteiger partial charge in [-0.25, -0.2) is 0 Å². The minimum Gasteiger partial charge on any atom is -0.449 e. The van der Waals surface area contributed by atoms with Crippen molar-refractivity contribution >= 4 is 34.7 Å². The molecule has 0 radical (unpaired) electrons. The molecule has 4 rings (SSSR count). The van der Waals surface area contributed by atoms with Gasteiger partial charge in [-0.3, -0.25) is 19.5 Å². The van der Waals surface area contributed by atoms with Gasteiger partial charge < -0.3 is 24.9 Å². The maximum atomic E-state index is 12.9. The van der Waals surface area contributed by atoms with E-state index in [1.807, 2.05) is 14.0 Å². The van der Waals surface area contributed by atoms with Gasteiger partial charge >= 0.3 is 0 Å². The van der Waals surface area contributed by atoms with Crippen LogP contribution in [-0.2, 0) is 9.53 Å². The number of methoxy groups -OCH3 is 1. The molecule has 39 heavy (non-hydrogen) atoms. The molecule has 1 saturated carbocycles. The lowest BCUT2D eigenvalue weighted by Gasteiger charge is -2.31. The molecule has 1 aliphatic carbocycles. The second-order valence-electron chi connectivity index (χ2n) is 9.59. The number of fused-ring (bicyclic) bond motifs is 1. The molecule has 3 aromatic rings. The predicted molar refractivity (Wildman–Crippen MR) is 156 cm³/mol. The lowest BCUT2D eigenvalue weighted by Crippen LogP contribution is -2.39. The minimum absolute atomic E-state index is 0.0545. The van der Waals surface area contributed by atoms with E-state index in [0.29, 0.717) is 29.1 Å². The number of carbonyl (C=O) groups is 2. The number of hydrogen-bond donors (Lipinski definition) is 3. The van der Waals surface area contributed by atoms with Gasteiger partial charge in [0.05, 0.1) is 0 Å². The summed E-state index contributed by atoms with van der Waals surface area (Å²) in [7, 11) is 5.70. The van der Waals surface area contributed by atoms with Gasteiger partial charge in [0.25, 0.3) is 0 Å². The predicted octanol–water partition coefficient (Wildman–Crippen LogP) is 5.49. The number of aryl methyl sites for hydroxylation is 1. The number of ether oxygens (including phenoxy) is 1. The van der Waals surface area contributed by atoms with Crippen LogP contribution < -0.4 is 10.6 Å². The highest BCUT2D eigenvalue weighted by atomic mass is 16.5. The zero-order valence-corrected chi connectivity index (χ0v) is 24.1. The third-order valence-electron chi connectivity index (χ3n) is 6.97. The first-order valence-corrected chi connectivity index (χ1v) is 13.5. The van der Waals surface area contributed by atoms with Crippen molar-refractivity contribution in [1.29, 1.82) is 0 Å². The number of aldehydes is 1. The van der Waals surface area contributed by atoms with Crippen LogP contribution in [0.3, 0.4) is 0 Å². The number of pyridine rings is 1. The van der Waals surface area contributed by atoms with Gasteiger partial charge in [-0.1, -0.05) is 24.1 Å². The Bertz CT molecular complexity index is 1150. The molecule has 0 aliphatic heterocycles. The summed E-state index contributed by atoms with van der Waals surface area (Å²) in [6, 6.07) is 12.2. The third kappa shape index (κ3) is 9.45. The van der Waals surface area contributed by atoms with E-state index in [4.69, 9.17) is 14.3 Å². The van der Waals surface area contributed by atoms with Crippen molar-refractivity contribution in [1.82, 2.24) is 9.88 Å². The molecule has 1 aromatic carbocycles. The molecule has 1 fully saturated rings. The van der Waals surface area contributed by atoms with Crippen LogP contribution in [0.15, 0.2) is 47.0 Å². The fourth-order valence-corrected chi connectivity index (χ4v) is 4.51. The van der Waals surface area contributed by atoms with Gasteiger partial charge in [0.1, 0.15) is 17.4 Å². The SMILES string of the molecule is CCO.CNc1ccc(C)cc1.COC(C)N(C)C1CCC[C@@H](C(=O)Nc2c(C=O)oc3cccnc23)CC1. The van der Waals surface area contributed by atoms with Crippen molar-refractivity contribution < 1.29 is 23.8 Å². The zero-order chi connectivity index (χ0) is 28.8. The minimum atomic E-state index is -0.0885. The van der Waals surface area contributed by atoms with Crippen LogP contribution in [0, 0.1) is 12.8 Å². The van der Waals surface area contributed by atoms with Crippen LogP contribution in [0.2, 0.25) is 0 Å². The van der Waals surface area contributed by atoms with Crippen LogP contribution in [-0.4, -0.2) is 67.3 Å². The Balaban J connectivity index is 0.000000370. The van der Waals surface area contributed by atoms with Gasteiger partial charge in [-0.15, -0.1) is 0 Å². The molecular formula is C30H44N4O5. The Morgan fingerprint density at radius 2 is 1.92 bits per heavy atom. The number of benzene rings is 1. The Hall–Kier alpha value is -3.27. The van der Waals surface area contributed by atoms with E-state index in [9.17, 15) is 9.59 Å². The fraction of sp³-hybridized carbons (Fsp3) is 0.500.